The Labute approximate surface area is 144 Å². The lowest BCUT2D eigenvalue weighted by molar-refractivity contribution is -0.118. The van der Waals surface area contributed by atoms with Gasteiger partial charge in [-0.2, -0.15) is 0 Å². The quantitative estimate of drug-likeness (QED) is 0.837. The van der Waals surface area contributed by atoms with E-state index in [0.29, 0.717) is 18.5 Å². The minimum Gasteiger partial charge on any atom is -0.465 e. The number of anilines is 1. The van der Waals surface area contributed by atoms with Gasteiger partial charge in [0.15, 0.2) is 5.76 Å². The number of hydrogen-bond donors (Lipinski definition) is 1. The Morgan fingerprint density at radius 2 is 2.12 bits per heavy atom. The van der Waals surface area contributed by atoms with Gasteiger partial charge in [0.1, 0.15) is 0 Å². The number of ether oxygens (including phenoxy) is 1. The third-order valence-corrected chi connectivity index (χ3v) is 4.07. The smallest absolute Gasteiger partial charge is 0.337 e. The SMILES string of the molecule is COC(=O)c1ccc2c(c1)CCN2C(=O)CCNC(=O)c1ccco1. The number of carbonyl (C=O) groups excluding carboxylic acids is 3. The highest BCUT2D eigenvalue weighted by Gasteiger charge is 2.25. The van der Waals surface area contributed by atoms with E-state index in [4.69, 9.17) is 9.15 Å². The molecule has 2 heterocycles. The normalized spacial score (nSPS) is 12.6. The summed E-state index contributed by atoms with van der Waals surface area (Å²) in [5, 5.41) is 2.65. The number of nitrogens with one attached hydrogen (secondary N) is 1. The van der Waals surface area contributed by atoms with Crippen molar-refractivity contribution in [3.63, 3.8) is 0 Å². The fraction of sp³-hybridized carbons (Fsp3) is 0.278. The molecular weight excluding hydrogens is 324 g/mol. The molecule has 2 amide bonds. The fourth-order valence-corrected chi connectivity index (χ4v) is 2.82. The molecule has 1 aromatic heterocycles. The molecule has 25 heavy (non-hydrogen) atoms. The highest BCUT2D eigenvalue weighted by atomic mass is 16.5. The number of methoxy groups -OCH3 is 1. The van der Waals surface area contributed by atoms with E-state index < -0.39 is 5.97 Å². The molecule has 0 radical (unpaired) electrons. The lowest BCUT2D eigenvalue weighted by Gasteiger charge is -2.17. The van der Waals surface area contributed by atoms with E-state index in [2.05, 4.69) is 5.32 Å². The number of rotatable bonds is 5. The van der Waals surface area contributed by atoms with Gasteiger partial charge in [0.05, 0.1) is 18.9 Å². The summed E-state index contributed by atoms with van der Waals surface area (Å²) in [4.78, 5) is 37.4. The molecular formula is C18H18N2O5. The van der Waals surface area contributed by atoms with Gasteiger partial charge in [-0.3, -0.25) is 9.59 Å². The molecule has 0 spiro atoms. The monoisotopic (exact) mass is 342 g/mol. The van der Waals surface area contributed by atoms with Crippen LogP contribution in [0.25, 0.3) is 0 Å². The summed E-state index contributed by atoms with van der Waals surface area (Å²) in [5.41, 5.74) is 2.21. The van der Waals surface area contributed by atoms with Gasteiger partial charge in [0.2, 0.25) is 5.91 Å². The molecule has 2 aromatic rings. The summed E-state index contributed by atoms with van der Waals surface area (Å²) in [6.07, 6.45) is 2.29. The first-order valence-electron chi connectivity index (χ1n) is 7.93. The molecule has 1 aliphatic rings. The van der Waals surface area contributed by atoms with Crippen LogP contribution in [0.2, 0.25) is 0 Å². The first-order valence-corrected chi connectivity index (χ1v) is 7.93. The van der Waals surface area contributed by atoms with Crippen molar-refractivity contribution in [2.24, 2.45) is 0 Å². The van der Waals surface area contributed by atoms with Crippen LogP contribution in [0.5, 0.6) is 0 Å². The Bertz CT molecular complexity index is 798. The maximum atomic E-state index is 12.4. The van der Waals surface area contributed by atoms with E-state index in [0.717, 1.165) is 11.3 Å². The van der Waals surface area contributed by atoms with Crippen LogP contribution in [0.4, 0.5) is 5.69 Å². The average molecular weight is 342 g/mol. The molecule has 1 aliphatic heterocycles. The Morgan fingerprint density at radius 3 is 2.84 bits per heavy atom. The van der Waals surface area contributed by atoms with Crippen LogP contribution in [-0.4, -0.2) is 38.0 Å². The van der Waals surface area contributed by atoms with E-state index in [9.17, 15) is 14.4 Å². The van der Waals surface area contributed by atoms with Crippen molar-refractivity contribution in [3.8, 4) is 0 Å². The number of fused-ring (bicyclic) bond motifs is 1. The third kappa shape index (κ3) is 3.55. The first kappa shape index (κ1) is 16.8. The molecule has 0 unspecified atom stereocenters. The first-order chi connectivity index (χ1) is 12.1. The Kier molecular flexibility index (Phi) is 4.83. The molecule has 0 saturated heterocycles. The molecule has 7 heteroatoms. The second-order valence-corrected chi connectivity index (χ2v) is 5.61. The second-order valence-electron chi connectivity index (χ2n) is 5.61. The number of carbonyl (C=O) groups is 3. The molecule has 0 aliphatic carbocycles. The number of benzene rings is 1. The highest BCUT2D eigenvalue weighted by molar-refractivity contribution is 5.98. The van der Waals surface area contributed by atoms with E-state index in [1.54, 1.807) is 35.2 Å². The second kappa shape index (κ2) is 7.21. The van der Waals surface area contributed by atoms with Gasteiger partial charge >= 0.3 is 5.97 Å². The zero-order valence-electron chi connectivity index (χ0n) is 13.8. The zero-order valence-corrected chi connectivity index (χ0v) is 13.8. The van der Waals surface area contributed by atoms with Crippen molar-refractivity contribution in [1.82, 2.24) is 5.32 Å². The van der Waals surface area contributed by atoms with Crippen molar-refractivity contribution in [1.29, 1.82) is 0 Å². The molecule has 0 bridgehead atoms. The van der Waals surface area contributed by atoms with Gasteiger partial charge in [-0.05, 0) is 42.3 Å². The van der Waals surface area contributed by atoms with Gasteiger partial charge in [0.25, 0.3) is 5.91 Å². The molecule has 130 valence electrons. The predicted octanol–water partition coefficient (Wildman–Crippen LogP) is 1.78. The van der Waals surface area contributed by atoms with Crippen LogP contribution in [-0.2, 0) is 16.0 Å². The molecule has 3 rings (SSSR count). The summed E-state index contributed by atoms with van der Waals surface area (Å²) in [5.74, 6) is -0.603. The van der Waals surface area contributed by atoms with Crippen LogP contribution in [0.1, 0.15) is 32.9 Å². The lowest BCUT2D eigenvalue weighted by Crippen LogP contribution is -2.33. The van der Waals surface area contributed by atoms with Crippen molar-refractivity contribution in [3.05, 3.63) is 53.5 Å². The standard InChI is InChI=1S/C18H18N2O5/c1-24-18(23)13-4-5-14-12(11-13)7-9-20(14)16(21)6-8-19-17(22)15-3-2-10-25-15/h2-5,10-11H,6-9H2,1H3,(H,19,22). The summed E-state index contributed by atoms with van der Waals surface area (Å²) in [6, 6.07) is 8.35. The summed E-state index contributed by atoms with van der Waals surface area (Å²) in [6.45, 7) is 0.787. The van der Waals surface area contributed by atoms with Crippen molar-refractivity contribution < 1.29 is 23.5 Å². The van der Waals surface area contributed by atoms with Crippen molar-refractivity contribution in [2.75, 3.05) is 25.1 Å². The average Bonchev–Trinajstić information content (AvgIpc) is 3.29. The number of hydrogen-bond acceptors (Lipinski definition) is 5. The summed E-state index contributed by atoms with van der Waals surface area (Å²) < 4.78 is 9.70. The van der Waals surface area contributed by atoms with Crippen LogP contribution in [0, 0.1) is 0 Å². The van der Waals surface area contributed by atoms with Crippen molar-refractivity contribution >= 4 is 23.5 Å². The number of esters is 1. The topological polar surface area (TPSA) is 88.9 Å². The van der Waals surface area contributed by atoms with Crippen molar-refractivity contribution in [2.45, 2.75) is 12.8 Å². The Hall–Kier alpha value is -3.09. The zero-order chi connectivity index (χ0) is 17.8. The molecule has 1 N–H and O–H groups in total. The summed E-state index contributed by atoms with van der Waals surface area (Å²) in [7, 11) is 1.34. The van der Waals surface area contributed by atoms with Gasteiger partial charge in [-0.25, -0.2) is 4.79 Å². The van der Waals surface area contributed by atoms with Crippen LogP contribution < -0.4 is 10.2 Å². The van der Waals surface area contributed by atoms with E-state index >= 15 is 0 Å². The maximum absolute atomic E-state index is 12.4. The molecule has 0 fully saturated rings. The fourth-order valence-electron chi connectivity index (χ4n) is 2.82. The van der Waals surface area contributed by atoms with Gasteiger partial charge in [-0.15, -0.1) is 0 Å². The Morgan fingerprint density at radius 1 is 1.28 bits per heavy atom. The molecule has 0 saturated carbocycles. The minimum absolute atomic E-state index is 0.0793. The largest absolute Gasteiger partial charge is 0.465 e. The molecule has 0 atom stereocenters. The van der Waals surface area contributed by atoms with Gasteiger partial charge < -0.3 is 19.4 Å². The number of amides is 2. The maximum Gasteiger partial charge on any atom is 0.337 e. The minimum atomic E-state index is -0.395. The number of nitrogens with zero attached hydrogens (tertiary/aromatic N) is 1. The van der Waals surface area contributed by atoms with E-state index in [1.165, 1.54) is 13.4 Å². The lowest BCUT2D eigenvalue weighted by atomic mass is 10.1. The van der Waals surface area contributed by atoms with Crippen LogP contribution >= 0.6 is 0 Å². The highest BCUT2D eigenvalue weighted by Crippen LogP contribution is 2.29. The Balaban J connectivity index is 1.58. The van der Waals surface area contributed by atoms with Gasteiger partial charge in [0, 0.05) is 25.2 Å². The van der Waals surface area contributed by atoms with Gasteiger partial charge in [-0.1, -0.05) is 0 Å². The third-order valence-electron chi connectivity index (χ3n) is 4.07. The summed E-state index contributed by atoms with van der Waals surface area (Å²) >= 11 is 0. The van der Waals surface area contributed by atoms with Crippen LogP contribution in [0.15, 0.2) is 41.0 Å². The van der Waals surface area contributed by atoms with Crippen LogP contribution in [0.3, 0.4) is 0 Å². The predicted molar refractivity (Wildman–Crippen MR) is 89.5 cm³/mol. The van der Waals surface area contributed by atoms with E-state index in [-0.39, 0.29) is 30.5 Å². The molecule has 1 aromatic carbocycles. The molecule has 7 nitrogen and oxygen atoms in total. The number of furan rings is 1. The van der Waals surface area contributed by atoms with E-state index in [1.807, 2.05) is 0 Å².